The Hall–Kier alpha value is 0.388. The molecule has 0 aromatic heterocycles. The summed E-state index contributed by atoms with van der Waals surface area (Å²) >= 11 is 0. The quantitative estimate of drug-likeness (QED) is 0.712. The van der Waals surface area contributed by atoms with Gasteiger partial charge in [0.15, 0.2) is 0 Å². The van der Waals surface area contributed by atoms with Crippen molar-refractivity contribution in [3.05, 3.63) is 12.7 Å². The molecule has 2 heteroatoms. The standard InChI is InChI=1S/C9H19N.Pt/c1-6-7-8-9(2,3)10(4)5;/h6H,1,7-8H2,2-5H3;. The zero-order chi connectivity index (χ0) is 8.20. The molecule has 70 valence electrons. The Morgan fingerprint density at radius 1 is 1.36 bits per heavy atom. The SMILES string of the molecule is C=CCCC(C)(C)N(C)C.[Pt]. The van der Waals surface area contributed by atoms with Crippen molar-refractivity contribution in [1.29, 1.82) is 0 Å². The molecule has 0 fully saturated rings. The summed E-state index contributed by atoms with van der Waals surface area (Å²) in [7, 11) is 4.23. The fourth-order valence-corrected chi connectivity index (χ4v) is 0.679. The molecule has 0 bridgehead atoms. The van der Waals surface area contributed by atoms with Crippen LogP contribution in [0, 0.1) is 0 Å². The molecule has 0 amide bonds. The van der Waals surface area contributed by atoms with Crippen molar-refractivity contribution in [3.8, 4) is 0 Å². The number of hydrogen-bond donors (Lipinski definition) is 0. The second-order valence-corrected chi connectivity index (χ2v) is 3.53. The number of allylic oxidation sites excluding steroid dienone is 1. The molecule has 0 rings (SSSR count). The van der Waals surface area contributed by atoms with Crippen LogP contribution in [0.1, 0.15) is 26.7 Å². The van der Waals surface area contributed by atoms with E-state index in [1.165, 1.54) is 6.42 Å². The predicted octanol–water partition coefficient (Wildman–Crippen LogP) is 2.29. The maximum Gasteiger partial charge on any atom is 0.0150 e. The third kappa shape index (κ3) is 5.64. The van der Waals surface area contributed by atoms with Gasteiger partial charge in [0, 0.05) is 26.6 Å². The Labute approximate surface area is 85.1 Å². The molecule has 0 N–H and O–H groups in total. The minimum absolute atomic E-state index is 0. The van der Waals surface area contributed by atoms with Crippen LogP contribution in [0.5, 0.6) is 0 Å². The molecule has 0 saturated carbocycles. The van der Waals surface area contributed by atoms with E-state index in [1.54, 1.807) is 0 Å². The van der Waals surface area contributed by atoms with Crippen LogP contribution < -0.4 is 0 Å². The van der Waals surface area contributed by atoms with E-state index in [2.05, 4.69) is 39.4 Å². The Kier molecular flexibility index (Phi) is 7.56. The predicted molar refractivity (Wildman–Crippen MR) is 47.2 cm³/mol. The maximum atomic E-state index is 3.70. The van der Waals surface area contributed by atoms with Gasteiger partial charge < -0.3 is 4.90 Å². The van der Waals surface area contributed by atoms with Crippen LogP contribution in [0.3, 0.4) is 0 Å². The molecule has 0 spiro atoms. The molecule has 0 aliphatic carbocycles. The zero-order valence-electron chi connectivity index (χ0n) is 7.96. The van der Waals surface area contributed by atoms with Gasteiger partial charge >= 0.3 is 0 Å². The van der Waals surface area contributed by atoms with Crippen molar-refractivity contribution in [1.82, 2.24) is 4.90 Å². The van der Waals surface area contributed by atoms with Gasteiger partial charge in [0.1, 0.15) is 0 Å². The van der Waals surface area contributed by atoms with Gasteiger partial charge in [0.05, 0.1) is 0 Å². The van der Waals surface area contributed by atoms with Crippen LogP contribution in [0.25, 0.3) is 0 Å². The van der Waals surface area contributed by atoms with E-state index in [9.17, 15) is 0 Å². The maximum absolute atomic E-state index is 3.70. The topological polar surface area (TPSA) is 3.24 Å². The Bertz CT molecular complexity index is 108. The minimum atomic E-state index is 0. The number of nitrogens with zero attached hydrogens (tertiary/aromatic N) is 1. The third-order valence-electron chi connectivity index (χ3n) is 2.17. The van der Waals surface area contributed by atoms with Gasteiger partial charge in [0.25, 0.3) is 0 Å². The second-order valence-electron chi connectivity index (χ2n) is 3.53. The van der Waals surface area contributed by atoms with E-state index in [1.807, 2.05) is 6.08 Å². The number of rotatable bonds is 4. The van der Waals surface area contributed by atoms with Crippen LogP contribution in [0.2, 0.25) is 0 Å². The van der Waals surface area contributed by atoms with Crippen LogP contribution in [0.4, 0.5) is 0 Å². The van der Waals surface area contributed by atoms with E-state index >= 15 is 0 Å². The first-order chi connectivity index (χ1) is 4.50. The molecule has 0 unspecified atom stereocenters. The summed E-state index contributed by atoms with van der Waals surface area (Å²) in [5.74, 6) is 0. The summed E-state index contributed by atoms with van der Waals surface area (Å²) in [5, 5.41) is 0. The first-order valence-electron chi connectivity index (χ1n) is 3.79. The molecule has 0 aliphatic heterocycles. The van der Waals surface area contributed by atoms with Crippen molar-refractivity contribution >= 4 is 0 Å². The molecule has 0 aliphatic rings. The monoisotopic (exact) mass is 336 g/mol. The molecule has 1 nitrogen and oxygen atoms in total. The molecule has 0 heterocycles. The van der Waals surface area contributed by atoms with E-state index in [0.29, 0.717) is 5.54 Å². The first-order valence-corrected chi connectivity index (χ1v) is 3.79. The van der Waals surface area contributed by atoms with Crippen molar-refractivity contribution in [3.63, 3.8) is 0 Å². The van der Waals surface area contributed by atoms with Crippen molar-refractivity contribution in [2.75, 3.05) is 14.1 Å². The minimum Gasteiger partial charge on any atom is -0.304 e. The van der Waals surface area contributed by atoms with E-state index in [0.717, 1.165) is 6.42 Å². The first kappa shape index (κ1) is 13.9. The average molecular weight is 336 g/mol. The Balaban J connectivity index is 0. The molecule has 0 saturated heterocycles. The van der Waals surface area contributed by atoms with Crippen molar-refractivity contribution in [2.45, 2.75) is 32.2 Å². The van der Waals surface area contributed by atoms with Crippen LogP contribution in [-0.2, 0) is 21.1 Å². The van der Waals surface area contributed by atoms with Gasteiger partial charge in [0.2, 0.25) is 0 Å². The normalized spacial score (nSPS) is 11.0. The van der Waals surface area contributed by atoms with Crippen LogP contribution in [0.15, 0.2) is 12.7 Å². The van der Waals surface area contributed by atoms with Crippen LogP contribution >= 0.6 is 0 Å². The van der Waals surface area contributed by atoms with Gasteiger partial charge in [-0.25, -0.2) is 0 Å². The third-order valence-corrected chi connectivity index (χ3v) is 2.17. The molecular formula is C9H19NPt. The number of hydrogen-bond acceptors (Lipinski definition) is 1. The van der Waals surface area contributed by atoms with Crippen molar-refractivity contribution < 1.29 is 21.1 Å². The summed E-state index contributed by atoms with van der Waals surface area (Å²) in [4.78, 5) is 2.25. The average Bonchev–Trinajstić information content (AvgIpc) is 1.84. The smallest absolute Gasteiger partial charge is 0.0150 e. The Morgan fingerprint density at radius 2 is 1.82 bits per heavy atom. The van der Waals surface area contributed by atoms with E-state index in [-0.39, 0.29) is 21.1 Å². The summed E-state index contributed by atoms with van der Waals surface area (Å²) in [6.07, 6.45) is 4.26. The van der Waals surface area contributed by atoms with E-state index in [4.69, 9.17) is 0 Å². The summed E-state index contributed by atoms with van der Waals surface area (Å²) < 4.78 is 0. The summed E-state index contributed by atoms with van der Waals surface area (Å²) in [6.45, 7) is 8.20. The molecule has 0 atom stereocenters. The van der Waals surface area contributed by atoms with E-state index < -0.39 is 0 Å². The fraction of sp³-hybridized carbons (Fsp3) is 0.778. The van der Waals surface area contributed by atoms with Gasteiger partial charge in [-0.2, -0.15) is 0 Å². The van der Waals surface area contributed by atoms with Gasteiger partial charge in [-0.3, -0.25) is 0 Å². The van der Waals surface area contributed by atoms with Gasteiger partial charge in [-0.1, -0.05) is 6.08 Å². The fourth-order valence-electron chi connectivity index (χ4n) is 0.679. The Morgan fingerprint density at radius 3 is 2.09 bits per heavy atom. The molecule has 0 radical (unpaired) electrons. The summed E-state index contributed by atoms with van der Waals surface area (Å²) in [5.41, 5.74) is 0.314. The zero-order valence-corrected chi connectivity index (χ0v) is 10.2. The largest absolute Gasteiger partial charge is 0.304 e. The molecule has 0 aromatic carbocycles. The second kappa shape index (κ2) is 5.97. The molecular weight excluding hydrogens is 317 g/mol. The van der Waals surface area contributed by atoms with Gasteiger partial charge in [-0.05, 0) is 40.8 Å². The molecule has 0 aromatic rings. The van der Waals surface area contributed by atoms with Gasteiger partial charge in [-0.15, -0.1) is 6.58 Å². The van der Waals surface area contributed by atoms with Crippen molar-refractivity contribution in [2.24, 2.45) is 0 Å². The van der Waals surface area contributed by atoms with Crippen LogP contribution in [-0.4, -0.2) is 24.5 Å². The molecule has 11 heavy (non-hydrogen) atoms. The summed E-state index contributed by atoms with van der Waals surface area (Å²) in [6, 6.07) is 0.